The van der Waals surface area contributed by atoms with Crippen LogP contribution in [0.5, 0.6) is 0 Å². The molecule has 2 aromatic rings. The van der Waals surface area contributed by atoms with Gasteiger partial charge in [-0.3, -0.25) is 0 Å². The summed E-state index contributed by atoms with van der Waals surface area (Å²) in [5, 5.41) is 7.00. The first-order valence-electron chi connectivity index (χ1n) is 6.00. The second-order valence-electron chi connectivity index (χ2n) is 4.43. The van der Waals surface area contributed by atoms with Gasteiger partial charge in [0.05, 0.1) is 0 Å². The fraction of sp³-hybridized carbons (Fsp3) is 0.500. The lowest BCUT2D eigenvalue weighted by Gasteiger charge is -2.09. The molecule has 0 aromatic carbocycles. The molecule has 0 unspecified atom stereocenters. The first-order valence-corrected chi connectivity index (χ1v) is 6.00. The van der Waals surface area contributed by atoms with Crippen molar-refractivity contribution in [1.29, 1.82) is 0 Å². The van der Waals surface area contributed by atoms with Gasteiger partial charge >= 0.3 is 0 Å². The second kappa shape index (κ2) is 5.57. The molecule has 0 saturated carbocycles. The van der Waals surface area contributed by atoms with Crippen LogP contribution in [0.2, 0.25) is 0 Å². The van der Waals surface area contributed by atoms with Gasteiger partial charge in [0.2, 0.25) is 6.39 Å². The van der Waals surface area contributed by atoms with Gasteiger partial charge in [0.15, 0.2) is 5.82 Å². The Labute approximate surface area is 106 Å². The van der Waals surface area contributed by atoms with E-state index in [-0.39, 0.29) is 0 Å². The number of hydrogen-bond acceptors (Lipinski definition) is 6. The van der Waals surface area contributed by atoms with E-state index in [4.69, 9.17) is 0 Å². The van der Waals surface area contributed by atoms with E-state index in [2.05, 4.69) is 43.8 Å². The fourth-order valence-electron chi connectivity index (χ4n) is 1.55. The zero-order valence-electron chi connectivity index (χ0n) is 10.8. The molecule has 0 radical (unpaired) electrons. The van der Waals surface area contributed by atoms with E-state index in [0.29, 0.717) is 24.7 Å². The summed E-state index contributed by atoms with van der Waals surface area (Å²) in [5.41, 5.74) is 0.968. The molecule has 0 aliphatic carbocycles. The highest BCUT2D eigenvalue weighted by atomic mass is 16.5. The molecule has 0 bridgehead atoms. The number of aromatic nitrogens is 4. The van der Waals surface area contributed by atoms with E-state index < -0.39 is 0 Å². The Morgan fingerprint density at radius 3 is 2.83 bits per heavy atom. The lowest BCUT2D eigenvalue weighted by atomic mass is 10.2. The number of nitrogens with one attached hydrogen (secondary N) is 1. The zero-order chi connectivity index (χ0) is 13.0. The molecule has 2 rings (SSSR count). The molecule has 18 heavy (non-hydrogen) atoms. The van der Waals surface area contributed by atoms with E-state index in [1.807, 2.05) is 13.0 Å². The summed E-state index contributed by atoms with van der Waals surface area (Å²) in [6.07, 6.45) is 2.04. The van der Waals surface area contributed by atoms with Crippen LogP contribution in [0.25, 0.3) is 0 Å². The lowest BCUT2D eigenvalue weighted by molar-refractivity contribution is 0.410. The van der Waals surface area contributed by atoms with Crippen LogP contribution in [0.15, 0.2) is 17.0 Å². The SMILES string of the molecule is Cc1cc(NCCc2ncon2)nc(C(C)C)n1. The van der Waals surface area contributed by atoms with Crippen molar-refractivity contribution >= 4 is 5.82 Å². The van der Waals surface area contributed by atoms with E-state index in [0.717, 1.165) is 17.3 Å². The molecule has 6 heteroatoms. The number of anilines is 1. The first kappa shape index (κ1) is 12.5. The highest BCUT2D eigenvalue weighted by molar-refractivity contribution is 5.36. The fourth-order valence-corrected chi connectivity index (χ4v) is 1.55. The molecule has 0 atom stereocenters. The minimum absolute atomic E-state index is 0.322. The molecular weight excluding hydrogens is 230 g/mol. The van der Waals surface area contributed by atoms with Gasteiger partial charge in [0, 0.05) is 30.6 Å². The Morgan fingerprint density at radius 2 is 2.17 bits per heavy atom. The summed E-state index contributed by atoms with van der Waals surface area (Å²) in [6.45, 7) is 6.85. The van der Waals surface area contributed by atoms with E-state index in [1.54, 1.807) is 0 Å². The van der Waals surface area contributed by atoms with Crippen LogP contribution >= 0.6 is 0 Å². The largest absolute Gasteiger partial charge is 0.370 e. The molecule has 2 heterocycles. The average Bonchev–Trinajstić information content (AvgIpc) is 2.81. The lowest BCUT2D eigenvalue weighted by Crippen LogP contribution is -2.10. The van der Waals surface area contributed by atoms with Gasteiger partial charge in [0.25, 0.3) is 0 Å². The molecule has 0 fully saturated rings. The predicted molar refractivity (Wildman–Crippen MR) is 67.3 cm³/mol. The van der Waals surface area contributed by atoms with Gasteiger partial charge in [-0.2, -0.15) is 4.98 Å². The van der Waals surface area contributed by atoms with Crippen LogP contribution in [0.1, 0.15) is 37.1 Å². The van der Waals surface area contributed by atoms with Gasteiger partial charge in [-0.15, -0.1) is 0 Å². The Bertz CT molecular complexity index is 495. The number of nitrogens with zero attached hydrogens (tertiary/aromatic N) is 4. The van der Waals surface area contributed by atoms with Crippen LogP contribution < -0.4 is 5.32 Å². The highest BCUT2D eigenvalue weighted by Gasteiger charge is 2.06. The van der Waals surface area contributed by atoms with Crippen molar-refractivity contribution in [3.05, 3.63) is 29.8 Å². The summed E-state index contributed by atoms with van der Waals surface area (Å²) >= 11 is 0. The van der Waals surface area contributed by atoms with Crippen LogP contribution in [0.4, 0.5) is 5.82 Å². The molecule has 0 aliphatic rings. The number of aryl methyl sites for hydroxylation is 1. The molecule has 6 nitrogen and oxygen atoms in total. The van der Waals surface area contributed by atoms with Crippen molar-refractivity contribution in [1.82, 2.24) is 20.1 Å². The Morgan fingerprint density at radius 1 is 1.33 bits per heavy atom. The Kier molecular flexibility index (Phi) is 3.86. The molecule has 96 valence electrons. The molecule has 2 aromatic heterocycles. The summed E-state index contributed by atoms with van der Waals surface area (Å²) in [5.74, 6) is 2.71. The predicted octanol–water partition coefficient (Wildman–Crippen LogP) is 1.95. The van der Waals surface area contributed by atoms with Crippen LogP contribution in [-0.2, 0) is 6.42 Å². The Hall–Kier alpha value is -1.98. The minimum Gasteiger partial charge on any atom is -0.370 e. The van der Waals surface area contributed by atoms with Crippen molar-refractivity contribution in [3.63, 3.8) is 0 Å². The van der Waals surface area contributed by atoms with Crippen molar-refractivity contribution in [2.75, 3.05) is 11.9 Å². The maximum absolute atomic E-state index is 4.67. The van der Waals surface area contributed by atoms with Gasteiger partial charge in [-0.05, 0) is 6.92 Å². The summed E-state index contributed by atoms with van der Waals surface area (Å²) in [6, 6.07) is 1.93. The quantitative estimate of drug-likeness (QED) is 0.870. The summed E-state index contributed by atoms with van der Waals surface area (Å²) in [4.78, 5) is 12.8. The number of rotatable bonds is 5. The van der Waals surface area contributed by atoms with Gasteiger partial charge in [0.1, 0.15) is 11.6 Å². The zero-order valence-corrected chi connectivity index (χ0v) is 10.8. The average molecular weight is 247 g/mol. The van der Waals surface area contributed by atoms with Crippen molar-refractivity contribution in [3.8, 4) is 0 Å². The summed E-state index contributed by atoms with van der Waals surface area (Å²) in [7, 11) is 0. The minimum atomic E-state index is 0.322. The van der Waals surface area contributed by atoms with Gasteiger partial charge in [-0.1, -0.05) is 19.0 Å². The van der Waals surface area contributed by atoms with Crippen LogP contribution in [0, 0.1) is 6.92 Å². The number of hydrogen-bond donors (Lipinski definition) is 1. The van der Waals surface area contributed by atoms with Crippen molar-refractivity contribution in [2.24, 2.45) is 0 Å². The van der Waals surface area contributed by atoms with E-state index >= 15 is 0 Å². The topological polar surface area (TPSA) is 76.7 Å². The van der Waals surface area contributed by atoms with Crippen LogP contribution in [-0.4, -0.2) is 26.7 Å². The molecule has 0 amide bonds. The maximum atomic E-state index is 4.67. The third kappa shape index (κ3) is 3.26. The smallest absolute Gasteiger partial charge is 0.213 e. The molecule has 0 aliphatic heterocycles. The van der Waals surface area contributed by atoms with Gasteiger partial charge < -0.3 is 9.84 Å². The van der Waals surface area contributed by atoms with E-state index in [9.17, 15) is 0 Å². The molecule has 1 N–H and O–H groups in total. The molecule has 0 spiro atoms. The van der Waals surface area contributed by atoms with E-state index in [1.165, 1.54) is 6.39 Å². The first-order chi connectivity index (χ1) is 8.65. The molecular formula is C12H17N5O. The third-order valence-electron chi connectivity index (χ3n) is 2.45. The summed E-state index contributed by atoms with van der Waals surface area (Å²) < 4.78 is 4.67. The van der Waals surface area contributed by atoms with Crippen molar-refractivity contribution < 1.29 is 4.52 Å². The van der Waals surface area contributed by atoms with Crippen molar-refractivity contribution in [2.45, 2.75) is 33.1 Å². The van der Waals surface area contributed by atoms with Gasteiger partial charge in [-0.25, -0.2) is 9.97 Å². The molecule has 0 saturated heterocycles. The second-order valence-corrected chi connectivity index (χ2v) is 4.43. The standard InChI is InChI=1S/C12H17N5O/c1-8(2)12-15-9(3)6-11(16-12)13-5-4-10-14-7-18-17-10/h6-8H,4-5H2,1-3H3,(H,13,15,16). The third-order valence-corrected chi connectivity index (χ3v) is 2.45. The highest BCUT2D eigenvalue weighted by Crippen LogP contribution is 2.13. The van der Waals surface area contributed by atoms with Crippen LogP contribution in [0.3, 0.4) is 0 Å². The monoisotopic (exact) mass is 247 g/mol. The normalized spacial score (nSPS) is 10.9. The Balaban J connectivity index is 1.96. The maximum Gasteiger partial charge on any atom is 0.213 e.